The summed E-state index contributed by atoms with van der Waals surface area (Å²) in [5.41, 5.74) is 0.177. The Kier molecular flexibility index (Phi) is 4.01. The maximum Gasteiger partial charge on any atom is 0.184 e. The quantitative estimate of drug-likeness (QED) is 0.807. The van der Waals surface area contributed by atoms with Crippen LogP contribution in [0.2, 0.25) is 0 Å². The van der Waals surface area contributed by atoms with E-state index in [-0.39, 0.29) is 23.5 Å². The summed E-state index contributed by atoms with van der Waals surface area (Å²) >= 11 is 5.79. The molecule has 4 nitrogen and oxygen atoms in total. The zero-order valence-corrected chi connectivity index (χ0v) is 13.4. The molecule has 0 amide bonds. The Morgan fingerprint density at radius 3 is 2.48 bits per heavy atom. The number of nitrogens with zero attached hydrogens (tertiary/aromatic N) is 2. The number of halogens is 3. The molecule has 0 radical (unpaired) electrons. The predicted molar refractivity (Wildman–Crippen MR) is 78.1 cm³/mol. The molecule has 0 bridgehead atoms. The number of rotatable bonds is 4. The second-order valence-corrected chi connectivity index (χ2v) is 8.43. The third-order valence-electron chi connectivity index (χ3n) is 3.54. The fourth-order valence-corrected chi connectivity index (χ4v) is 2.54. The first kappa shape index (κ1) is 16.2. The number of sulfone groups is 1. The summed E-state index contributed by atoms with van der Waals surface area (Å²) in [6.45, 7) is 2.97. The summed E-state index contributed by atoms with van der Waals surface area (Å²) in [6, 6.07) is 2.32. The van der Waals surface area contributed by atoms with E-state index in [1.807, 2.05) is 0 Å². The van der Waals surface area contributed by atoms with Gasteiger partial charge in [0, 0.05) is 12.8 Å². The van der Waals surface area contributed by atoms with Gasteiger partial charge in [0.15, 0.2) is 21.5 Å². The van der Waals surface area contributed by atoms with Gasteiger partial charge < -0.3 is 4.57 Å². The van der Waals surface area contributed by atoms with Crippen LogP contribution in [-0.2, 0) is 22.3 Å². The van der Waals surface area contributed by atoms with Crippen molar-refractivity contribution in [3.05, 3.63) is 29.6 Å². The number of imidazole rings is 1. The molecule has 1 aromatic heterocycles. The molecule has 0 spiro atoms. The lowest BCUT2D eigenvalue weighted by molar-refractivity contribution is 0.487. The first-order valence-corrected chi connectivity index (χ1v) is 8.60. The number of hydrogen-bond acceptors (Lipinski definition) is 3. The fourth-order valence-electron chi connectivity index (χ4n) is 1.98. The number of alkyl halides is 1. The van der Waals surface area contributed by atoms with Crippen molar-refractivity contribution in [2.24, 2.45) is 0 Å². The molecule has 2 rings (SSSR count). The molecule has 1 aromatic carbocycles. The highest BCUT2D eigenvalue weighted by molar-refractivity contribution is 7.92. The average Bonchev–Trinajstić information content (AvgIpc) is 2.70. The number of fused-ring (bicyclic) bond motifs is 1. The van der Waals surface area contributed by atoms with Crippen molar-refractivity contribution in [3.63, 3.8) is 0 Å². The van der Waals surface area contributed by atoms with Gasteiger partial charge in [0.1, 0.15) is 11.3 Å². The molecule has 0 aliphatic rings. The van der Waals surface area contributed by atoms with Crippen LogP contribution < -0.4 is 0 Å². The van der Waals surface area contributed by atoms with Gasteiger partial charge in [0.2, 0.25) is 0 Å². The normalized spacial score (nSPS) is 13.0. The zero-order valence-electron chi connectivity index (χ0n) is 11.8. The molecule has 0 aliphatic carbocycles. The van der Waals surface area contributed by atoms with Gasteiger partial charge in [-0.3, -0.25) is 0 Å². The molecule has 0 fully saturated rings. The second kappa shape index (κ2) is 5.21. The van der Waals surface area contributed by atoms with Crippen LogP contribution in [0.25, 0.3) is 11.0 Å². The lowest BCUT2D eigenvalue weighted by atomic mass is 10.2. The molecule has 2 aromatic rings. The van der Waals surface area contributed by atoms with Crippen LogP contribution in [0.1, 0.15) is 19.7 Å². The van der Waals surface area contributed by atoms with E-state index >= 15 is 0 Å². The third kappa shape index (κ3) is 2.76. The van der Waals surface area contributed by atoms with Gasteiger partial charge in [-0.05, 0) is 26.0 Å². The lowest BCUT2D eigenvalue weighted by Gasteiger charge is -2.24. The first-order valence-electron chi connectivity index (χ1n) is 6.17. The fraction of sp³-hybridized carbons (Fsp3) is 0.462. The van der Waals surface area contributed by atoms with E-state index in [2.05, 4.69) is 4.98 Å². The molecular formula is C13H15ClF2N2O2S. The summed E-state index contributed by atoms with van der Waals surface area (Å²) in [4.78, 5) is 4.13. The van der Waals surface area contributed by atoms with Crippen LogP contribution >= 0.6 is 11.6 Å². The third-order valence-corrected chi connectivity index (χ3v) is 5.92. The maximum atomic E-state index is 14.1. The van der Waals surface area contributed by atoms with Crippen LogP contribution in [0.5, 0.6) is 0 Å². The largest absolute Gasteiger partial charge is 0.323 e. The Morgan fingerprint density at radius 1 is 1.33 bits per heavy atom. The van der Waals surface area contributed by atoms with E-state index in [9.17, 15) is 17.2 Å². The van der Waals surface area contributed by atoms with Gasteiger partial charge in [-0.1, -0.05) is 0 Å². The summed E-state index contributed by atoms with van der Waals surface area (Å²) in [5, 5.41) is 0. The molecule has 0 aliphatic heterocycles. The van der Waals surface area contributed by atoms with E-state index < -0.39 is 26.2 Å². The van der Waals surface area contributed by atoms with Crippen LogP contribution in [0.15, 0.2) is 12.1 Å². The molecule has 0 saturated carbocycles. The standard InChI is InChI=1S/C13H15ClF2N2O2S/c1-13(2,21(3,19)20)7-18-10(6-14)17-9-5-4-8(15)11(16)12(9)18/h4-5H,6-7H2,1-3H3. The maximum absolute atomic E-state index is 14.1. The monoisotopic (exact) mass is 336 g/mol. The Balaban J connectivity index is 2.70. The van der Waals surface area contributed by atoms with E-state index in [0.29, 0.717) is 5.82 Å². The predicted octanol–water partition coefficient (Wildman–Crippen LogP) is 2.88. The Hall–Kier alpha value is -1.21. The van der Waals surface area contributed by atoms with Crippen LogP contribution in [0.4, 0.5) is 8.78 Å². The SMILES string of the molecule is CC(C)(Cn1c(CCl)nc2ccc(F)c(F)c21)S(C)(=O)=O. The van der Waals surface area contributed by atoms with E-state index in [4.69, 9.17) is 11.6 Å². The van der Waals surface area contributed by atoms with E-state index in [0.717, 1.165) is 12.3 Å². The van der Waals surface area contributed by atoms with Crippen molar-refractivity contribution in [1.82, 2.24) is 9.55 Å². The van der Waals surface area contributed by atoms with E-state index in [1.54, 1.807) is 0 Å². The van der Waals surface area contributed by atoms with Gasteiger partial charge in [0.05, 0.1) is 16.1 Å². The van der Waals surface area contributed by atoms with Gasteiger partial charge in [0.25, 0.3) is 0 Å². The highest BCUT2D eigenvalue weighted by Crippen LogP contribution is 2.27. The smallest absolute Gasteiger partial charge is 0.184 e. The minimum atomic E-state index is -3.40. The molecular weight excluding hydrogens is 322 g/mol. The van der Waals surface area contributed by atoms with E-state index in [1.165, 1.54) is 24.5 Å². The molecule has 116 valence electrons. The number of hydrogen-bond donors (Lipinski definition) is 0. The van der Waals surface area contributed by atoms with Gasteiger partial charge >= 0.3 is 0 Å². The highest BCUT2D eigenvalue weighted by atomic mass is 35.5. The Bertz CT molecular complexity index is 800. The molecule has 1 heterocycles. The van der Waals surface area contributed by atoms with Crippen LogP contribution in [0, 0.1) is 11.6 Å². The molecule has 0 saturated heterocycles. The van der Waals surface area contributed by atoms with Gasteiger partial charge in [-0.2, -0.15) is 0 Å². The van der Waals surface area contributed by atoms with Crippen molar-refractivity contribution in [2.45, 2.75) is 31.0 Å². The lowest BCUT2D eigenvalue weighted by Crippen LogP contribution is -2.36. The van der Waals surface area contributed by atoms with Crippen molar-refractivity contribution in [1.29, 1.82) is 0 Å². The first-order chi connectivity index (χ1) is 9.58. The highest BCUT2D eigenvalue weighted by Gasteiger charge is 2.32. The topological polar surface area (TPSA) is 52.0 Å². The summed E-state index contributed by atoms with van der Waals surface area (Å²) in [7, 11) is -3.40. The molecule has 0 unspecified atom stereocenters. The number of benzene rings is 1. The van der Waals surface area contributed by atoms with Gasteiger partial charge in [-0.15, -0.1) is 11.6 Å². The molecule has 0 N–H and O–H groups in total. The van der Waals surface area contributed by atoms with Crippen molar-refractivity contribution < 1.29 is 17.2 Å². The van der Waals surface area contributed by atoms with Crippen molar-refractivity contribution >= 4 is 32.5 Å². The minimum Gasteiger partial charge on any atom is -0.323 e. The second-order valence-electron chi connectivity index (χ2n) is 5.51. The van der Waals surface area contributed by atoms with Crippen LogP contribution in [0.3, 0.4) is 0 Å². The Morgan fingerprint density at radius 2 is 1.95 bits per heavy atom. The molecule has 21 heavy (non-hydrogen) atoms. The minimum absolute atomic E-state index is 0.0322. The van der Waals surface area contributed by atoms with Crippen molar-refractivity contribution in [2.75, 3.05) is 6.26 Å². The molecule has 8 heteroatoms. The summed E-state index contributed by atoms with van der Waals surface area (Å²) in [5.74, 6) is -1.80. The molecule has 0 atom stereocenters. The Labute approximate surface area is 126 Å². The van der Waals surface area contributed by atoms with Crippen LogP contribution in [-0.4, -0.2) is 29.0 Å². The van der Waals surface area contributed by atoms with Crippen molar-refractivity contribution in [3.8, 4) is 0 Å². The van der Waals surface area contributed by atoms with Gasteiger partial charge in [-0.25, -0.2) is 22.2 Å². The summed E-state index contributed by atoms with van der Waals surface area (Å²) in [6.07, 6.45) is 1.10. The summed E-state index contributed by atoms with van der Waals surface area (Å²) < 4.78 is 51.3. The number of aromatic nitrogens is 2. The average molecular weight is 337 g/mol. The zero-order chi connectivity index (χ0) is 16.0.